The molecule has 34 heavy (non-hydrogen) atoms. The zero-order valence-corrected chi connectivity index (χ0v) is 22.2. The van der Waals surface area contributed by atoms with Crippen molar-refractivity contribution < 1.29 is 9.13 Å². The highest BCUT2D eigenvalue weighted by Crippen LogP contribution is 2.44. The summed E-state index contributed by atoms with van der Waals surface area (Å²) < 4.78 is 19.9. The molecule has 7 heteroatoms. The highest BCUT2D eigenvalue weighted by atomic mass is 35.5. The molecule has 1 saturated carbocycles. The van der Waals surface area contributed by atoms with Crippen LogP contribution in [-0.2, 0) is 0 Å². The van der Waals surface area contributed by atoms with Gasteiger partial charge in [-0.25, -0.2) is 9.37 Å². The van der Waals surface area contributed by atoms with Crippen molar-refractivity contribution in [3.63, 3.8) is 0 Å². The third kappa shape index (κ3) is 5.51. The first-order valence-electron chi connectivity index (χ1n) is 11.1. The maximum absolute atomic E-state index is 14.5. The molecule has 1 atom stereocenters. The van der Waals surface area contributed by atoms with E-state index >= 15 is 0 Å². The molecule has 3 nitrogen and oxygen atoms in total. The molecule has 1 heterocycles. The quantitative estimate of drug-likeness (QED) is 0.283. The average molecular weight is 520 g/mol. The number of terminal acetylenes is 1. The van der Waals surface area contributed by atoms with Gasteiger partial charge in [-0.1, -0.05) is 42.5 Å². The second-order valence-corrected chi connectivity index (χ2v) is 10.3. The smallest absolute Gasteiger partial charge is 0.187 e. The van der Waals surface area contributed by atoms with Crippen LogP contribution in [0.4, 0.5) is 9.52 Å². The Morgan fingerprint density at radius 3 is 2.59 bits per heavy atom. The number of halogens is 3. The van der Waals surface area contributed by atoms with Gasteiger partial charge in [0.25, 0.3) is 0 Å². The first-order valence-corrected chi connectivity index (χ1v) is 12.3. The number of anilines is 1. The van der Waals surface area contributed by atoms with E-state index in [-0.39, 0.29) is 24.3 Å². The molecule has 1 aliphatic rings. The number of hydrogen-bond acceptors (Lipinski definition) is 4. The van der Waals surface area contributed by atoms with Crippen LogP contribution >= 0.6 is 35.3 Å². The minimum atomic E-state index is -0.189. The second kappa shape index (κ2) is 11.0. The lowest BCUT2D eigenvalue weighted by atomic mass is 9.98. The normalized spacial score (nSPS) is 13.7. The lowest BCUT2D eigenvalue weighted by Gasteiger charge is -2.31. The largest absolute Gasteiger partial charge is 0.496 e. The van der Waals surface area contributed by atoms with Crippen LogP contribution in [0.2, 0.25) is 5.02 Å². The van der Waals surface area contributed by atoms with Gasteiger partial charge < -0.3 is 9.64 Å². The Balaban J connectivity index is 0.00000324. The molecule has 0 amide bonds. The molecule has 1 fully saturated rings. The van der Waals surface area contributed by atoms with E-state index < -0.39 is 0 Å². The summed E-state index contributed by atoms with van der Waals surface area (Å²) in [5, 5.41) is 1.42. The van der Waals surface area contributed by atoms with Crippen LogP contribution in [-0.4, -0.2) is 18.6 Å². The van der Waals surface area contributed by atoms with Crippen molar-refractivity contribution in [2.75, 3.05) is 18.6 Å². The molecule has 2 aromatic carbocycles. The third-order valence-corrected chi connectivity index (χ3v) is 7.56. The van der Waals surface area contributed by atoms with Gasteiger partial charge in [0.05, 0.1) is 30.4 Å². The van der Waals surface area contributed by atoms with E-state index in [0.29, 0.717) is 23.0 Å². The number of rotatable bonds is 8. The van der Waals surface area contributed by atoms with Crippen LogP contribution < -0.4 is 9.64 Å². The van der Waals surface area contributed by atoms with Gasteiger partial charge in [-0.3, -0.25) is 0 Å². The minimum Gasteiger partial charge on any atom is -0.496 e. The zero-order valence-electron chi connectivity index (χ0n) is 19.8. The number of thiazole rings is 1. The number of methoxy groups -OCH3 is 1. The van der Waals surface area contributed by atoms with Gasteiger partial charge in [0, 0.05) is 10.4 Å². The topological polar surface area (TPSA) is 25.4 Å². The van der Waals surface area contributed by atoms with Crippen LogP contribution in [0.25, 0.3) is 11.3 Å². The van der Waals surface area contributed by atoms with Gasteiger partial charge in [0.2, 0.25) is 0 Å². The van der Waals surface area contributed by atoms with E-state index in [4.69, 9.17) is 27.7 Å². The van der Waals surface area contributed by atoms with Crippen molar-refractivity contribution in [3.05, 3.63) is 62.7 Å². The Morgan fingerprint density at radius 2 is 1.97 bits per heavy atom. The van der Waals surface area contributed by atoms with E-state index in [0.717, 1.165) is 44.6 Å². The van der Waals surface area contributed by atoms with Crippen molar-refractivity contribution in [2.24, 2.45) is 5.92 Å². The van der Waals surface area contributed by atoms with Crippen molar-refractivity contribution in [3.8, 4) is 29.4 Å². The Labute approximate surface area is 216 Å². The molecule has 1 aromatic heterocycles. The monoisotopic (exact) mass is 518 g/mol. The summed E-state index contributed by atoms with van der Waals surface area (Å²) in [6.45, 7) is 6.21. The van der Waals surface area contributed by atoms with Crippen LogP contribution in [0.15, 0.2) is 30.3 Å². The molecule has 0 radical (unpaired) electrons. The number of ether oxygens (including phenoxy) is 1. The Hall–Kier alpha value is -2.26. The summed E-state index contributed by atoms with van der Waals surface area (Å²) in [6, 6.07) is 9.31. The molecular formula is C27H29Cl2FN2OS. The van der Waals surface area contributed by atoms with E-state index in [9.17, 15) is 4.39 Å². The summed E-state index contributed by atoms with van der Waals surface area (Å²) in [7, 11) is 1.64. The second-order valence-electron chi connectivity index (χ2n) is 8.74. The molecule has 0 aliphatic heterocycles. The average Bonchev–Trinajstić information content (AvgIpc) is 3.53. The molecule has 0 spiro atoms. The SMILES string of the molecule is C#CCN(c1nc(-c2cc(C)c(OC)cc2Cl)c(C)s1)[C@@H](CC1CC1)c1ccc(C)c(F)c1.Cl. The first-order chi connectivity index (χ1) is 15.8. The Bertz CT molecular complexity index is 1220. The van der Waals surface area contributed by atoms with E-state index in [1.54, 1.807) is 31.4 Å². The molecule has 0 saturated heterocycles. The van der Waals surface area contributed by atoms with Crippen LogP contribution in [0.3, 0.4) is 0 Å². The van der Waals surface area contributed by atoms with E-state index in [1.165, 1.54) is 12.8 Å². The fraction of sp³-hybridized carbons (Fsp3) is 0.370. The number of aromatic nitrogens is 1. The summed E-state index contributed by atoms with van der Waals surface area (Å²) in [6.07, 6.45) is 9.13. The molecular weight excluding hydrogens is 490 g/mol. The highest BCUT2D eigenvalue weighted by molar-refractivity contribution is 7.16. The lowest BCUT2D eigenvalue weighted by molar-refractivity contribution is 0.412. The maximum Gasteiger partial charge on any atom is 0.187 e. The molecule has 1 aliphatic carbocycles. The third-order valence-electron chi connectivity index (χ3n) is 6.24. The van der Waals surface area contributed by atoms with Crippen LogP contribution in [0.5, 0.6) is 5.75 Å². The van der Waals surface area contributed by atoms with Gasteiger partial charge in [-0.05, 0) is 68.0 Å². The fourth-order valence-corrected chi connectivity index (χ4v) is 5.37. The predicted molar refractivity (Wildman–Crippen MR) is 143 cm³/mol. The molecule has 0 N–H and O–H groups in total. The number of nitrogens with zero attached hydrogens (tertiary/aromatic N) is 2. The number of hydrogen-bond donors (Lipinski definition) is 0. The zero-order chi connectivity index (χ0) is 23.7. The molecule has 0 unspecified atom stereocenters. The van der Waals surface area contributed by atoms with Gasteiger partial charge in [-0.15, -0.1) is 30.2 Å². The minimum absolute atomic E-state index is 0. The molecule has 180 valence electrons. The van der Waals surface area contributed by atoms with Crippen LogP contribution in [0.1, 0.15) is 46.9 Å². The van der Waals surface area contributed by atoms with Crippen molar-refractivity contribution in [1.29, 1.82) is 0 Å². The summed E-state index contributed by atoms with van der Waals surface area (Å²) >= 11 is 8.20. The van der Waals surface area contributed by atoms with Crippen molar-refractivity contribution in [2.45, 2.75) is 46.1 Å². The number of benzene rings is 2. The van der Waals surface area contributed by atoms with Crippen molar-refractivity contribution in [1.82, 2.24) is 4.98 Å². The first kappa shape index (κ1) is 26.3. The molecule has 0 bridgehead atoms. The van der Waals surface area contributed by atoms with E-state index in [2.05, 4.69) is 10.8 Å². The van der Waals surface area contributed by atoms with Gasteiger partial charge >= 0.3 is 0 Å². The van der Waals surface area contributed by atoms with Gasteiger partial charge in [0.1, 0.15) is 11.6 Å². The standard InChI is InChI=1S/C27H28ClFN2OS.ClH/c1-6-11-31(24(13-19-8-9-19)20-10-7-16(2)23(29)14-20)27-30-26(18(4)33-27)21-12-17(3)25(32-5)15-22(21)28;/h1,7,10,12,14-15,19,24H,8-9,11,13H2,2-5H3;1H/t24-;/m0./s1. The Morgan fingerprint density at radius 1 is 1.24 bits per heavy atom. The predicted octanol–water partition coefficient (Wildman–Crippen LogP) is 7.94. The fourth-order valence-electron chi connectivity index (χ4n) is 4.16. The molecule has 3 aromatic rings. The summed E-state index contributed by atoms with van der Waals surface area (Å²) in [4.78, 5) is 8.20. The summed E-state index contributed by atoms with van der Waals surface area (Å²) in [5.74, 6) is 3.99. The van der Waals surface area contributed by atoms with E-state index in [1.807, 2.05) is 38.1 Å². The molecule has 4 rings (SSSR count). The van der Waals surface area contributed by atoms with Crippen LogP contribution in [0, 0.1) is 44.9 Å². The van der Waals surface area contributed by atoms with Gasteiger partial charge in [0.15, 0.2) is 5.13 Å². The van der Waals surface area contributed by atoms with Gasteiger partial charge in [-0.2, -0.15) is 0 Å². The lowest BCUT2D eigenvalue weighted by Crippen LogP contribution is -2.29. The highest BCUT2D eigenvalue weighted by Gasteiger charge is 2.32. The summed E-state index contributed by atoms with van der Waals surface area (Å²) in [5.41, 5.74) is 4.29. The van der Waals surface area contributed by atoms with Crippen molar-refractivity contribution >= 4 is 40.5 Å². The Kier molecular flexibility index (Phi) is 8.52. The number of aryl methyl sites for hydroxylation is 3. The maximum atomic E-state index is 14.5.